The zero-order chi connectivity index (χ0) is 16.2. The van der Waals surface area contributed by atoms with Crippen molar-refractivity contribution in [1.82, 2.24) is 14.8 Å². The summed E-state index contributed by atoms with van der Waals surface area (Å²) in [6.45, 7) is 2.05. The van der Waals surface area contributed by atoms with Gasteiger partial charge in [0, 0.05) is 6.07 Å². The van der Waals surface area contributed by atoms with Crippen LogP contribution in [0.1, 0.15) is 39.0 Å². The lowest BCUT2D eigenvalue weighted by atomic mass is 9.95. The molecule has 1 saturated carbocycles. The third-order valence-electron chi connectivity index (χ3n) is 3.93. The molecule has 2 aliphatic rings. The summed E-state index contributed by atoms with van der Waals surface area (Å²) in [4.78, 5) is 24.4. The minimum Gasteiger partial charge on any atom is -0.270 e. The molecule has 0 bridgehead atoms. The van der Waals surface area contributed by atoms with Crippen LogP contribution in [-0.4, -0.2) is 39.0 Å². The van der Waals surface area contributed by atoms with Gasteiger partial charge in [-0.1, -0.05) is 26.2 Å². The standard InChI is InChI=1S/C14H19N5O2S2/c1-2-22-11-8-10(23-18-11)15-16-12-13(20)17-19(14(12)21)9-6-4-3-5-7-9/h8-9,12H,2-7H2,1H3,(H,17,20)/b16-15+. The average molecular weight is 353 g/mol. The fourth-order valence-corrected chi connectivity index (χ4v) is 4.19. The Hall–Kier alpha value is -1.48. The number of aromatic nitrogens is 1. The highest BCUT2D eigenvalue weighted by Crippen LogP contribution is 2.28. The van der Waals surface area contributed by atoms with Gasteiger partial charge >= 0.3 is 0 Å². The van der Waals surface area contributed by atoms with Crippen molar-refractivity contribution < 1.29 is 9.59 Å². The minimum atomic E-state index is -1.07. The molecule has 1 saturated heterocycles. The van der Waals surface area contributed by atoms with Crippen molar-refractivity contribution in [2.75, 3.05) is 5.75 Å². The van der Waals surface area contributed by atoms with Gasteiger partial charge in [-0.3, -0.25) is 15.0 Å². The van der Waals surface area contributed by atoms with Gasteiger partial charge in [-0.05, 0) is 30.1 Å². The first-order chi connectivity index (χ1) is 11.2. The van der Waals surface area contributed by atoms with Crippen molar-refractivity contribution >= 4 is 40.1 Å². The van der Waals surface area contributed by atoms with Crippen LogP contribution in [0.5, 0.6) is 0 Å². The van der Waals surface area contributed by atoms with Gasteiger partial charge in [0.05, 0.1) is 6.04 Å². The molecule has 0 aromatic carbocycles. The van der Waals surface area contributed by atoms with E-state index in [2.05, 4.69) is 20.0 Å². The predicted molar refractivity (Wildman–Crippen MR) is 88.7 cm³/mol. The molecule has 3 rings (SSSR count). The fraction of sp³-hybridized carbons (Fsp3) is 0.643. The van der Waals surface area contributed by atoms with Gasteiger partial charge < -0.3 is 0 Å². The van der Waals surface area contributed by atoms with E-state index in [0.717, 1.165) is 36.5 Å². The molecule has 124 valence electrons. The van der Waals surface area contributed by atoms with E-state index in [9.17, 15) is 9.59 Å². The number of rotatable bonds is 5. The lowest BCUT2D eigenvalue weighted by Crippen LogP contribution is -2.45. The maximum atomic E-state index is 12.4. The van der Waals surface area contributed by atoms with Crippen LogP contribution in [0.2, 0.25) is 0 Å². The minimum absolute atomic E-state index is 0.0939. The zero-order valence-electron chi connectivity index (χ0n) is 12.9. The monoisotopic (exact) mass is 353 g/mol. The molecule has 2 amide bonds. The van der Waals surface area contributed by atoms with E-state index in [-0.39, 0.29) is 11.9 Å². The molecule has 23 heavy (non-hydrogen) atoms. The number of carbonyl (C=O) groups is 2. The first-order valence-corrected chi connectivity index (χ1v) is 9.59. The number of hydrazine groups is 1. The van der Waals surface area contributed by atoms with E-state index in [4.69, 9.17) is 0 Å². The summed E-state index contributed by atoms with van der Waals surface area (Å²) < 4.78 is 4.23. The van der Waals surface area contributed by atoms with Gasteiger partial charge in [0.2, 0.25) is 6.04 Å². The van der Waals surface area contributed by atoms with Crippen molar-refractivity contribution in [2.24, 2.45) is 10.2 Å². The highest BCUT2D eigenvalue weighted by atomic mass is 32.2. The molecule has 7 nitrogen and oxygen atoms in total. The maximum Gasteiger partial charge on any atom is 0.277 e. The Labute approximate surface area is 143 Å². The van der Waals surface area contributed by atoms with Crippen LogP contribution in [0.15, 0.2) is 21.3 Å². The SMILES string of the molecule is CCSc1cc(/N=N/C2C(=O)NN(C3CCCCC3)C2=O)sn1. The maximum absolute atomic E-state index is 12.4. The molecule has 0 radical (unpaired) electrons. The molecule has 2 heterocycles. The summed E-state index contributed by atoms with van der Waals surface area (Å²) in [7, 11) is 0. The lowest BCUT2D eigenvalue weighted by Gasteiger charge is -2.29. The molecule has 1 aromatic rings. The summed E-state index contributed by atoms with van der Waals surface area (Å²) in [5, 5.41) is 11.0. The second kappa shape index (κ2) is 7.39. The number of nitrogens with zero attached hydrogens (tertiary/aromatic N) is 4. The highest BCUT2D eigenvalue weighted by Gasteiger charge is 2.43. The zero-order valence-corrected chi connectivity index (χ0v) is 14.5. The van der Waals surface area contributed by atoms with E-state index in [1.807, 2.05) is 13.0 Å². The van der Waals surface area contributed by atoms with Crippen LogP contribution < -0.4 is 5.43 Å². The van der Waals surface area contributed by atoms with Gasteiger partial charge in [-0.2, -0.15) is 9.49 Å². The van der Waals surface area contributed by atoms with Crippen molar-refractivity contribution in [2.45, 2.75) is 56.1 Å². The fourth-order valence-electron chi connectivity index (χ4n) is 2.82. The first-order valence-electron chi connectivity index (χ1n) is 7.83. The van der Waals surface area contributed by atoms with Crippen molar-refractivity contribution in [3.63, 3.8) is 0 Å². The second-order valence-electron chi connectivity index (χ2n) is 5.53. The number of thioether (sulfide) groups is 1. The molecule has 1 aliphatic heterocycles. The van der Waals surface area contributed by atoms with Crippen molar-refractivity contribution in [3.8, 4) is 0 Å². The Morgan fingerprint density at radius 1 is 1.39 bits per heavy atom. The van der Waals surface area contributed by atoms with E-state index in [1.165, 1.54) is 23.0 Å². The first kappa shape index (κ1) is 16.4. The van der Waals surface area contributed by atoms with Crippen LogP contribution in [0.3, 0.4) is 0 Å². The summed E-state index contributed by atoms with van der Waals surface area (Å²) in [5.41, 5.74) is 2.66. The van der Waals surface area contributed by atoms with Gasteiger partial charge in [0.15, 0.2) is 5.00 Å². The Kier molecular flexibility index (Phi) is 5.27. The van der Waals surface area contributed by atoms with Gasteiger partial charge in [0.25, 0.3) is 11.8 Å². The summed E-state index contributed by atoms with van der Waals surface area (Å²) in [6, 6.07) is 0.844. The molecule has 0 spiro atoms. The quantitative estimate of drug-likeness (QED) is 0.501. The Bertz CT molecular complexity index is 612. The molecule has 1 unspecified atom stereocenters. The summed E-state index contributed by atoms with van der Waals surface area (Å²) >= 11 is 2.83. The predicted octanol–water partition coefficient (Wildman–Crippen LogP) is 2.91. The van der Waals surface area contributed by atoms with E-state index in [0.29, 0.717) is 5.00 Å². The Balaban J connectivity index is 1.65. The Morgan fingerprint density at radius 2 is 2.17 bits per heavy atom. The number of hydrogen-bond donors (Lipinski definition) is 1. The van der Waals surface area contributed by atoms with Crippen LogP contribution in [-0.2, 0) is 9.59 Å². The lowest BCUT2D eigenvalue weighted by molar-refractivity contribution is -0.133. The van der Waals surface area contributed by atoms with E-state index in [1.54, 1.807) is 11.8 Å². The molecule has 1 atom stereocenters. The molecule has 1 aliphatic carbocycles. The summed E-state index contributed by atoms with van der Waals surface area (Å²) in [6.07, 6.45) is 5.24. The number of nitrogens with one attached hydrogen (secondary N) is 1. The number of carbonyl (C=O) groups excluding carboxylic acids is 2. The van der Waals surface area contributed by atoms with E-state index < -0.39 is 11.9 Å². The number of hydrogen-bond acceptors (Lipinski definition) is 7. The highest BCUT2D eigenvalue weighted by molar-refractivity contribution is 7.99. The molecular formula is C14H19N5O2S2. The van der Waals surface area contributed by atoms with Gasteiger partial charge in [-0.15, -0.1) is 16.9 Å². The topological polar surface area (TPSA) is 87.0 Å². The molecule has 2 fully saturated rings. The van der Waals surface area contributed by atoms with Crippen molar-refractivity contribution in [3.05, 3.63) is 6.07 Å². The normalized spacial score (nSPS) is 23.0. The molecule has 1 aromatic heterocycles. The molecular weight excluding hydrogens is 334 g/mol. The van der Waals surface area contributed by atoms with Crippen LogP contribution in [0.4, 0.5) is 5.00 Å². The van der Waals surface area contributed by atoms with Crippen LogP contribution in [0.25, 0.3) is 0 Å². The van der Waals surface area contributed by atoms with Gasteiger partial charge in [0.1, 0.15) is 5.03 Å². The number of amides is 2. The number of azo groups is 1. The van der Waals surface area contributed by atoms with Crippen LogP contribution >= 0.6 is 23.3 Å². The average Bonchev–Trinajstić information content (AvgIpc) is 3.12. The Morgan fingerprint density at radius 3 is 2.91 bits per heavy atom. The van der Waals surface area contributed by atoms with Gasteiger partial charge in [-0.25, -0.2) is 5.01 Å². The second-order valence-corrected chi connectivity index (χ2v) is 7.60. The molecule has 1 N–H and O–H groups in total. The molecule has 9 heteroatoms. The largest absolute Gasteiger partial charge is 0.277 e. The van der Waals surface area contributed by atoms with Crippen LogP contribution in [0, 0.1) is 0 Å². The smallest absolute Gasteiger partial charge is 0.270 e. The summed E-state index contributed by atoms with van der Waals surface area (Å²) in [5.74, 6) is 0.246. The third kappa shape index (κ3) is 3.72. The van der Waals surface area contributed by atoms with Crippen molar-refractivity contribution in [1.29, 1.82) is 0 Å². The van der Waals surface area contributed by atoms with E-state index >= 15 is 0 Å². The third-order valence-corrected chi connectivity index (χ3v) is 5.51.